The first-order valence-electron chi connectivity index (χ1n) is 13.5. The van der Waals surface area contributed by atoms with Crippen molar-refractivity contribution in [3.8, 4) is 22.6 Å². The zero-order valence-corrected chi connectivity index (χ0v) is 22.9. The van der Waals surface area contributed by atoms with Gasteiger partial charge in [0.15, 0.2) is 11.5 Å². The first-order chi connectivity index (χ1) is 18.7. The molecule has 0 spiro atoms. The van der Waals surface area contributed by atoms with Crippen molar-refractivity contribution in [2.24, 2.45) is 11.7 Å². The van der Waals surface area contributed by atoms with Crippen LogP contribution in [0.15, 0.2) is 78.9 Å². The van der Waals surface area contributed by atoms with Crippen molar-refractivity contribution in [3.05, 3.63) is 112 Å². The van der Waals surface area contributed by atoms with E-state index < -0.39 is 0 Å². The molecule has 2 aliphatic rings. The zero-order valence-electron chi connectivity index (χ0n) is 22.9. The van der Waals surface area contributed by atoms with E-state index in [4.69, 9.17) is 15.9 Å². The average molecular weight is 518 g/mol. The van der Waals surface area contributed by atoms with Gasteiger partial charge < -0.3 is 20.9 Å². The number of nitrogens with two attached hydrogens (primary N) is 1. The number of benzene rings is 4. The third kappa shape index (κ3) is 4.22. The minimum atomic E-state index is -0.0233. The molecule has 0 bridgehead atoms. The van der Waals surface area contributed by atoms with Gasteiger partial charge in [0.05, 0.1) is 13.2 Å². The molecular weight excluding hydrogens is 482 g/mol. The third-order valence-corrected chi connectivity index (χ3v) is 8.46. The van der Waals surface area contributed by atoms with E-state index in [1.165, 1.54) is 22.3 Å². The van der Waals surface area contributed by atoms with Gasteiger partial charge in [-0.1, -0.05) is 69.3 Å². The number of methoxy groups -OCH3 is 1. The largest absolute Gasteiger partial charge is 0.504 e. The minimum Gasteiger partial charge on any atom is -0.504 e. The van der Waals surface area contributed by atoms with E-state index in [0.717, 1.165) is 34.4 Å². The average Bonchev–Trinajstić information content (AvgIpc) is 3.32. The highest BCUT2D eigenvalue weighted by molar-refractivity contribution is 5.96. The summed E-state index contributed by atoms with van der Waals surface area (Å²) in [6, 6.07) is 27.2. The van der Waals surface area contributed by atoms with Gasteiger partial charge in [-0.25, -0.2) is 0 Å². The number of hydrogen-bond donors (Lipinski definition) is 4. The monoisotopic (exact) mass is 517 g/mol. The summed E-state index contributed by atoms with van der Waals surface area (Å²) in [6.07, 6.45) is 0.924. The number of rotatable bonds is 4. The quantitative estimate of drug-likeness (QED) is 0.171. The van der Waals surface area contributed by atoms with Gasteiger partial charge in [0.25, 0.3) is 0 Å². The second-order valence-electron chi connectivity index (χ2n) is 11.8. The van der Waals surface area contributed by atoms with Gasteiger partial charge in [-0.05, 0) is 87.0 Å². The molecule has 5 N–H and O–H groups in total. The Kier molecular flexibility index (Phi) is 5.91. The number of phenols is 1. The number of aromatic hydroxyl groups is 1. The Hall–Kier alpha value is -4.25. The highest BCUT2D eigenvalue weighted by atomic mass is 16.5. The Morgan fingerprint density at radius 1 is 0.949 bits per heavy atom. The Labute approximate surface area is 230 Å². The van der Waals surface area contributed by atoms with Crippen molar-refractivity contribution in [3.63, 3.8) is 0 Å². The fraction of sp³-hybridized carbons (Fsp3) is 0.265. The molecule has 3 unspecified atom stereocenters. The molecule has 39 heavy (non-hydrogen) atoms. The molecule has 0 radical (unpaired) electrons. The second kappa shape index (κ2) is 9.19. The molecule has 198 valence electrons. The molecule has 1 aliphatic heterocycles. The topological polar surface area (TPSA) is 91.4 Å². The molecule has 6 rings (SSSR count). The molecule has 1 aliphatic carbocycles. The lowest BCUT2D eigenvalue weighted by Gasteiger charge is -2.39. The lowest BCUT2D eigenvalue weighted by atomic mass is 9.74. The van der Waals surface area contributed by atoms with Crippen molar-refractivity contribution >= 4 is 11.5 Å². The fourth-order valence-electron chi connectivity index (χ4n) is 6.44. The second-order valence-corrected chi connectivity index (χ2v) is 11.8. The van der Waals surface area contributed by atoms with E-state index in [2.05, 4.69) is 80.7 Å². The van der Waals surface area contributed by atoms with Gasteiger partial charge in [0.1, 0.15) is 5.84 Å². The van der Waals surface area contributed by atoms with Crippen molar-refractivity contribution in [2.75, 3.05) is 12.4 Å². The number of nitrogens with one attached hydrogen (secondary N) is 2. The molecule has 0 saturated carbocycles. The standard InChI is InChI=1S/C34H35N3O2/c1-34(2,3)22-12-9-19(10-13-22)24-17-29(38)30(39-4)18-25(24)32-27-15-20-7-5-6-8-23(20)31(27)26-16-21(33(35)36)11-14-28(26)37-32/h5-14,16-18,27,31-32,37-38H,15H2,1-4H3,(H3,35,36). The summed E-state index contributed by atoms with van der Waals surface area (Å²) in [7, 11) is 1.59. The summed E-state index contributed by atoms with van der Waals surface area (Å²) in [6.45, 7) is 6.64. The van der Waals surface area contributed by atoms with Gasteiger partial charge in [-0.15, -0.1) is 0 Å². The molecule has 5 nitrogen and oxygen atoms in total. The fourth-order valence-corrected chi connectivity index (χ4v) is 6.44. The van der Waals surface area contributed by atoms with Crippen molar-refractivity contribution < 1.29 is 9.84 Å². The zero-order chi connectivity index (χ0) is 27.5. The number of amidine groups is 1. The van der Waals surface area contributed by atoms with E-state index in [1.807, 2.05) is 24.3 Å². The summed E-state index contributed by atoms with van der Waals surface area (Å²) in [5.41, 5.74) is 16.0. The molecule has 3 atom stereocenters. The van der Waals surface area contributed by atoms with Crippen molar-refractivity contribution in [2.45, 2.75) is 44.6 Å². The van der Waals surface area contributed by atoms with Crippen LogP contribution in [0.3, 0.4) is 0 Å². The van der Waals surface area contributed by atoms with Gasteiger partial charge >= 0.3 is 0 Å². The summed E-state index contributed by atoms with van der Waals surface area (Å²) < 4.78 is 5.60. The summed E-state index contributed by atoms with van der Waals surface area (Å²) in [4.78, 5) is 0. The van der Waals surface area contributed by atoms with Crippen LogP contribution in [0.2, 0.25) is 0 Å². The smallest absolute Gasteiger partial charge is 0.160 e. The van der Waals surface area contributed by atoms with E-state index in [1.54, 1.807) is 7.11 Å². The Bertz CT molecular complexity index is 1580. The molecular formula is C34H35N3O2. The van der Waals surface area contributed by atoms with Crippen LogP contribution < -0.4 is 15.8 Å². The van der Waals surface area contributed by atoms with Crippen LogP contribution in [0.1, 0.15) is 66.1 Å². The van der Waals surface area contributed by atoms with Crippen LogP contribution in [0.25, 0.3) is 11.1 Å². The molecule has 4 aromatic rings. The Morgan fingerprint density at radius 2 is 1.69 bits per heavy atom. The maximum Gasteiger partial charge on any atom is 0.160 e. The van der Waals surface area contributed by atoms with Gasteiger partial charge in [0.2, 0.25) is 0 Å². The molecule has 4 aromatic carbocycles. The highest BCUT2D eigenvalue weighted by Crippen LogP contribution is 2.55. The van der Waals surface area contributed by atoms with Gasteiger partial charge in [0, 0.05) is 17.2 Å². The predicted octanol–water partition coefficient (Wildman–Crippen LogP) is 7.12. The third-order valence-electron chi connectivity index (χ3n) is 8.46. The number of hydrogen-bond acceptors (Lipinski definition) is 4. The first kappa shape index (κ1) is 25.1. The number of nitrogen functional groups attached to an aromatic ring is 1. The lowest BCUT2D eigenvalue weighted by molar-refractivity contribution is 0.370. The Balaban J connectivity index is 1.53. The lowest BCUT2D eigenvalue weighted by Crippen LogP contribution is -2.31. The number of ether oxygens (including phenoxy) is 1. The molecule has 5 heteroatoms. The molecule has 0 fully saturated rings. The van der Waals surface area contributed by atoms with Crippen LogP contribution in [0, 0.1) is 11.3 Å². The highest BCUT2D eigenvalue weighted by Gasteiger charge is 2.44. The summed E-state index contributed by atoms with van der Waals surface area (Å²) in [5, 5.41) is 22.7. The van der Waals surface area contributed by atoms with E-state index in [0.29, 0.717) is 5.75 Å². The van der Waals surface area contributed by atoms with Crippen LogP contribution in [-0.4, -0.2) is 18.1 Å². The van der Waals surface area contributed by atoms with E-state index in [9.17, 15) is 5.11 Å². The van der Waals surface area contributed by atoms with E-state index in [-0.39, 0.29) is 34.9 Å². The normalized spacial score (nSPS) is 19.4. The first-order valence-corrected chi connectivity index (χ1v) is 13.5. The molecule has 0 saturated heterocycles. The van der Waals surface area contributed by atoms with Crippen LogP contribution in [0.4, 0.5) is 5.69 Å². The number of fused-ring (bicyclic) bond motifs is 5. The van der Waals surface area contributed by atoms with Crippen molar-refractivity contribution in [1.82, 2.24) is 0 Å². The maximum absolute atomic E-state index is 10.9. The predicted molar refractivity (Wildman–Crippen MR) is 158 cm³/mol. The SMILES string of the molecule is COc1cc(C2Nc3ccc(C(=N)N)cc3C3c4ccccc4CC23)c(-c2ccc(C(C)(C)C)cc2)cc1O. The molecule has 1 heterocycles. The van der Waals surface area contributed by atoms with Crippen LogP contribution in [-0.2, 0) is 11.8 Å². The number of anilines is 1. The maximum atomic E-state index is 10.9. The number of phenolic OH excluding ortho intramolecular Hbond substituents is 1. The van der Waals surface area contributed by atoms with Gasteiger partial charge in [-0.2, -0.15) is 0 Å². The summed E-state index contributed by atoms with van der Waals surface area (Å²) in [5.74, 6) is 1.07. The van der Waals surface area contributed by atoms with Crippen molar-refractivity contribution in [1.29, 1.82) is 5.41 Å². The summed E-state index contributed by atoms with van der Waals surface area (Å²) >= 11 is 0. The minimum absolute atomic E-state index is 0.0233. The van der Waals surface area contributed by atoms with Crippen LogP contribution in [0.5, 0.6) is 11.5 Å². The molecule has 0 aromatic heterocycles. The van der Waals surface area contributed by atoms with Crippen LogP contribution >= 0.6 is 0 Å². The molecule has 0 amide bonds. The van der Waals surface area contributed by atoms with Gasteiger partial charge in [-0.3, -0.25) is 5.41 Å². The van der Waals surface area contributed by atoms with E-state index >= 15 is 0 Å². The Morgan fingerprint density at radius 3 is 2.38 bits per heavy atom.